The number of benzene rings is 2. The first-order chi connectivity index (χ1) is 11.8. The summed E-state index contributed by atoms with van der Waals surface area (Å²) in [6.45, 7) is 1.39. The average molecular weight is 326 g/mol. The molecule has 0 radical (unpaired) electrons. The second-order valence-electron chi connectivity index (χ2n) is 5.53. The highest BCUT2D eigenvalue weighted by molar-refractivity contribution is 5.75. The Morgan fingerprint density at radius 2 is 1.75 bits per heavy atom. The Balaban J connectivity index is 1.55. The number of imidazole rings is 1. The lowest BCUT2D eigenvalue weighted by Gasteiger charge is -2.11. The molecule has 0 aliphatic carbocycles. The van der Waals surface area contributed by atoms with Gasteiger partial charge in [-0.15, -0.1) is 0 Å². The number of fused-ring (bicyclic) bond motifs is 1. The third kappa shape index (κ3) is 3.51. The van der Waals surface area contributed by atoms with E-state index in [1.54, 1.807) is 7.11 Å². The van der Waals surface area contributed by atoms with Gasteiger partial charge < -0.3 is 19.1 Å². The van der Waals surface area contributed by atoms with Crippen LogP contribution in [0.2, 0.25) is 0 Å². The van der Waals surface area contributed by atoms with E-state index in [0.29, 0.717) is 12.4 Å². The Kier molecular flexibility index (Phi) is 5.33. The first kappa shape index (κ1) is 16.3. The second-order valence-corrected chi connectivity index (χ2v) is 5.53. The quantitative estimate of drug-likeness (QED) is 0.645. The summed E-state index contributed by atoms with van der Waals surface area (Å²) in [6, 6.07) is 15.6. The monoisotopic (exact) mass is 326 g/mol. The van der Waals surface area contributed by atoms with E-state index >= 15 is 0 Å². The van der Waals surface area contributed by atoms with Crippen molar-refractivity contribution in [1.82, 2.24) is 9.55 Å². The normalized spacial score (nSPS) is 10.9. The zero-order chi connectivity index (χ0) is 16.8. The van der Waals surface area contributed by atoms with Crippen molar-refractivity contribution in [2.45, 2.75) is 26.0 Å². The van der Waals surface area contributed by atoms with Crippen LogP contribution in [0.15, 0.2) is 48.5 Å². The van der Waals surface area contributed by atoms with Crippen molar-refractivity contribution in [3.8, 4) is 11.5 Å². The lowest BCUT2D eigenvalue weighted by atomic mass is 10.3. The molecule has 0 unspecified atom stereocenters. The van der Waals surface area contributed by atoms with E-state index in [2.05, 4.69) is 9.55 Å². The summed E-state index contributed by atoms with van der Waals surface area (Å²) in [7, 11) is 1.64. The fourth-order valence-electron chi connectivity index (χ4n) is 2.79. The van der Waals surface area contributed by atoms with E-state index in [9.17, 15) is 5.11 Å². The molecule has 0 atom stereocenters. The van der Waals surface area contributed by atoms with Gasteiger partial charge in [-0.3, -0.25) is 0 Å². The highest BCUT2D eigenvalue weighted by Gasteiger charge is 2.09. The van der Waals surface area contributed by atoms with Crippen LogP contribution in [0, 0.1) is 0 Å². The van der Waals surface area contributed by atoms with Gasteiger partial charge in [0.05, 0.1) is 24.8 Å². The highest BCUT2D eigenvalue weighted by Crippen LogP contribution is 2.26. The van der Waals surface area contributed by atoms with E-state index in [0.717, 1.165) is 41.9 Å². The molecule has 5 heteroatoms. The maximum Gasteiger partial charge on any atom is 0.161 e. The summed E-state index contributed by atoms with van der Waals surface area (Å²) in [6.07, 6.45) is 1.86. The van der Waals surface area contributed by atoms with Gasteiger partial charge in [-0.1, -0.05) is 24.3 Å². The van der Waals surface area contributed by atoms with Crippen LogP contribution >= 0.6 is 0 Å². The van der Waals surface area contributed by atoms with Crippen LogP contribution in [-0.4, -0.2) is 28.4 Å². The Hall–Kier alpha value is -2.53. The van der Waals surface area contributed by atoms with E-state index in [-0.39, 0.29) is 6.61 Å². The van der Waals surface area contributed by atoms with Crippen LogP contribution < -0.4 is 9.47 Å². The number of aromatic nitrogens is 2. The summed E-state index contributed by atoms with van der Waals surface area (Å²) in [5.74, 6) is 2.23. The molecule has 0 aliphatic rings. The van der Waals surface area contributed by atoms with Crippen LogP contribution in [0.1, 0.15) is 18.7 Å². The number of aryl methyl sites for hydroxylation is 1. The summed E-state index contributed by atoms with van der Waals surface area (Å²) in [4.78, 5) is 4.47. The van der Waals surface area contributed by atoms with E-state index in [1.165, 1.54) is 0 Å². The molecule has 1 heterocycles. The molecule has 2 aromatic carbocycles. The lowest BCUT2D eigenvalue weighted by Crippen LogP contribution is -2.06. The molecule has 0 fully saturated rings. The summed E-state index contributed by atoms with van der Waals surface area (Å²) < 4.78 is 13.1. The third-order valence-electron chi connectivity index (χ3n) is 3.98. The van der Waals surface area contributed by atoms with Crippen molar-refractivity contribution in [2.24, 2.45) is 0 Å². The van der Waals surface area contributed by atoms with Gasteiger partial charge in [-0.25, -0.2) is 4.98 Å². The number of aliphatic hydroxyl groups excluding tert-OH is 1. The first-order valence-corrected chi connectivity index (χ1v) is 8.14. The predicted molar refractivity (Wildman–Crippen MR) is 93.4 cm³/mol. The van der Waals surface area contributed by atoms with Crippen molar-refractivity contribution in [2.75, 3.05) is 13.7 Å². The summed E-state index contributed by atoms with van der Waals surface area (Å²) in [5.41, 5.74) is 1.99. The fourth-order valence-corrected chi connectivity index (χ4v) is 2.79. The zero-order valence-corrected chi connectivity index (χ0v) is 13.8. The number of nitrogens with zero attached hydrogens (tertiary/aromatic N) is 2. The van der Waals surface area contributed by atoms with Gasteiger partial charge in [-0.2, -0.15) is 0 Å². The molecule has 1 N–H and O–H groups in total. The fraction of sp³-hybridized carbons (Fsp3) is 0.316. The predicted octanol–water partition coefficient (Wildman–Crippen LogP) is 3.40. The maximum atomic E-state index is 9.51. The molecule has 1 aromatic heterocycles. The Labute approximate surface area is 141 Å². The average Bonchev–Trinajstić information content (AvgIpc) is 2.99. The minimum Gasteiger partial charge on any atom is -0.493 e. The minimum atomic E-state index is -0.0492. The van der Waals surface area contributed by atoms with Gasteiger partial charge in [0.15, 0.2) is 11.5 Å². The number of hydrogen-bond donors (Lipinski definition) is 1. The van der Waals surface area contributed by atoms with Gasteiger partial charge in [0, 0.05) is 6.54 Å². The molecule has 3 aromatic rings. The Bertz CT molecular complexity index is 798. The van der Waals surface area contributed by atoms with Gasteiger partial charge in [0.2, 0.25) is 0 Å². The van der Waals surface area contributed by atoms with Crippen molar-refractivity contribution < 1.29 is 14.6 Å². The standard InChI is InChI=1S/C19H22N2O3/c1-23-17-10-4-5-11-18(17)24-13-7-6-12-21-16-9-3-2-8-15(16)20-19(21)14-22/h2-5,8-11,22H,6-7,12-14H2,1H3. The molecule has 0 saturated heterocycles. The molecule has 24 heavy (non-hydrogen) atoms. The SMILES string of the molecule is COc1ccccc1OCCCCn1c(CO)nc2ccccc21. The molecule has 0 spiro atoms. The molecule has 0 aliphatic heterocycles. The third-order valence-corrected chi connectivity index (χ3v) is 3.98. The molecule has 0 bridgehead atoms. The number of ether oxygens (including phenoxy) is 2. The maximum absolute atomic E-state index is 9.51. The Morgan fingerprint density at radius 3 is 2.54 bits per heavy atom. The van der Waals surface area contributed by atoms with Crippen LogP contribution in [0.5, 0.6) is 11.5 Å². The number of aliphatic hydroxyl groups is 1. The first-order valence-electron chi connectivity index (χ1n) is 8.14. The molecule has 3 rings (SSSR count). The molecular formula is C19H22N2O3. The van der Waals surface area contributed by atoms with Crippen molar-refractivity contribution in [3.05, 3.63) is 54.4 Å². The number of hydrogen-bond acceptors (Lipinski definition) is 4. The van der Waals surface area contributed by atoms with Crippen LogP contribution in [0.25, 0.3) is 11.0 Å². The summed E-state index contributed by atoms with van der Waals surface area (Å²) >= 11 is 0. The molecule has 0 saturated carbocycles. The minimum absolute atomic E-state index is 0.0492. The van der Waals surface area contributed by atoms with Crippen molar-refractivity contribution >= 4 is 11.0 Å². The molecule has 5 nitrogen and oxygen atoms in total. The van der Waals surface area contributed by atoms with Crippen molar-refractivity contribution in [3.63, 3.8) is 0 Å². The Morgan fingerprint density at radius 1 is 1.00 bits per heavy atom. The van der Waals surface area contributed by atoms with E-state index in [4.69, 9.17) is 9.47 Å². The molecular weight excluding hydrogens is 304 g/mol. The topological polar surface area (TPSA) is 56.5 Å². The smallest absolute Gasteiger partial charge is 0.161 e. The highest BCUT2D eigenvalue weighted by atomic mass is 16.5. The van der Waals surface area contributed by atoms with E-state index in [1.807, 2.05) is 48.5 Å². The van der Waals surface area contributed by atoms with Crippen molar-refractivity contribution in [1.29, 1.82) is 0 Å². The number of para-hydroxylation sites is 4. The second kappa shape index (κ2) is 7.84. The van der Waals surface area contributed by atoms with Gasteiger partial charge in [0.1, 0.15) is 12.4 Å². The van der Waals surface area contributed by atoms with Crippen LogP contribution in [0.4, 0.5) is 0 Å². The lowest BCUT2D eigenvalue weighted by molar-refractivity contribution is 0.262. The van der Waals surface area contributed by atoms with Crippen LogP contribution in [0.3, 0.4) is 0 Å². The number of rotatable bonds is 8. The number of unbranched alkanes of at least 4 members (excludes halogenated alkanes) is 1. The largest absolute Gasteiger partial charge is 0.493 e. The van der Waals surface area contributed by atoms with Gasteiger partial charge in [-0.05, 0) is 37.1 Å². The zero-order valence-electron chi connectivity index (χ0n) is 13.8. The van der Waals surface area contributed by atoms with Gasteiger partial charge >= 0.3 is 0 Å². The number of methoxy groups -OCH3 is 1. The van der Waals surface area contributed by atoms with Crippen LogP contribution in [-0.2, 0) is 13.2 Å². The molecule has 0 amide bonds. The summed E-state index contributed by atoms with van der Waals surface area (Å²) in [5, 5.41) is 9.51. The van der Waals surface area contributed by atoms with Gasteiger partial charge in [0.25, 0.3) is 0 Å². The molecule has 126 valence electrons. The van der Waals surface area contributed by atoms with E-state index < -0.39 is 0 Å².